The molecule has 3 N–H and O–H groups in total. The van der Waals surface area contributed by atoms with Crippen molar-refractivity contribution in [3.63, 3.8) is 0 Å². The lowest BCUT2D eigenvalue weighted by Gasteiger charge is -2.27. The van der Waals surface area contributed by atoms with E-state index < -0.39 is 0 Å². The fourth-order valence-corrected chi connectivity index (χ4v) is 2.30. The average molecular weight is 295 g/mol. The first-order valence-electron chi connectivity index (χ1n) is 7.68. The molecule has 0 bridgehead atoms. The first-order valence-corrected chi connectivity index (χ1v) is 7.68. The molecular weight excluding hydrogens is 274 g/mol. The van der Waals surface area contributed by atoms with Gasteiger partial charge in [-0.1, -0.05) is 36.4 Å². The van der Waals surface area contributed by atoms with Crippen molar-refractivity contribution >= 4 is 11.6 Å². The summed E-state index contributed by atoms with van der Waals surface area (Å²) in [5, 5.41) is 3.08. The van der Waals surface area contributed by atoms with Crippen LogP contribution in [0.5, 0.6) is 5.75 Å². The van der Waals surface area contributed by atoms with Gasteiger partial charge < -0.3 is 15.8 Å². The minimum absolute atomic E-state index is 0.366. The molecular formula is C18H21N3O. The Balaban J connectivity index is 1.63. The Bertz CT molecular complexity index is 636. The second-order valence-electron chi connectivity index (χ2n) is 5.47. The number of ether oxygens (including phenoxy) is 1. The maximum absolute atomic E-state index is 6.00. The maximum Gasteiger partial charge on any atom is 0.193 e. The van der Waals surface area contributed by atoms with Gasteiger partial charge in [0, 0.05) is 11.3 Å². The highest BCUT2D eigenvalue weighted by molar-refractivity contribution is 5.92. The van der Waals surface area contributed by atoms with Crippen LogP contribution in [0.25, 0.3) is 0 Å². The highest BCUT2D eigenvalue weighted by Crippen LogP contribution is 2.27. The summed E-state index contributed by atoms with van der Waals surface area (Å²) in [6.07, 6.45) is 3.92. The van der Waals surface area contributed by atoms with E-state index in [1.54, 1.807) is 0 Å². The van der Waals surface area contributed by atoms with Gasteiger partial charge >= 0.3 is 0 Å². The molecule has 0 unspecified atom stereocenters. The van der Waals surface area contributed by atoms with Gasteiger partial charge in [0.25, 0.3) is 0 Å². The molecule has 3 rings (SSSR count). The van der Waals surface area contributed by atoms with Gasteiger partial charge in [-0.05, 0) is 37.5 Å². The molecule has 0 aromatic heterocycles. The largest absolute Gasteiger partial charge is 0.490 e. The summed E-state index contributed by atoms with van der Waals surface area (Å²) in [6, 6.07) is 17.8. The third kappa shape index (κ3) is 3.79. The molecule has 22 heavy (non-hydrogen) atoms. The number of aliphatic imine (C=N–C) groups is 1. The second-order valence-corrected chi connectivity index (χ2v) is 5.47. The number of benzene rings is 2. The Morgan fingerprint density at radius 1 is 1.09 bits per heavy atom. The molecule has 1 fully saturated rings. The fraction of sp³-hybridized carbons (Fsp3) is 0.278. The number of para-hydroxylation sites is 2. The number of nitrogens with one attached hydrogen (secondary N) is 1. The molecule has 0 amide bonds. The van der Waals surface area contributed by atoms with Crippen molar-refractivity contribution in [2.24, 2.45) is 10.7 Å². The Morgan fingerprint density at radius 2 is 1.82 bits per heavy atom. The van der Waals surface area contributed by atoms with Crippen LogP contribution in [0.15, 0.2) is 59.6 Å². The third-order valence-electron chi connectivity index (χ3n) is 3.78. The molecule has 4 heteroatoms. The van der Waals surface area contributed by atoms with Gasteiger partial charge in [0.15, 0.2) is 5.96 Å². The maximum atomic E-state index is 6.00. The smallest absolute Gasteiger partial charge is 0.193 e. The standard InChI is InChI=1S/C18H21N3O/c19-18(21-15-8-2-1-3-9-15)20-13-14-7-4-5-12-17(14)22-16-10-6-11-16/h1-5,7-9,12,16H,6,10-11,13H2,(H3,19,20,21). The van der Waals surface area contributed by atoms with Crippen LogP contribution in [0, 0.1) is 0 Å². The van der Waals surface area contributed by atoms with Gasteiger partial charge in [-0.15, -0.1) is 0 Å². The quantitative estimate of drug-likeness (QED) is 0.655. The lowest BCUT2D eigenvalue weighted by molar-refractivity contribution is 0.119. The zero-order valence-electron chi connectivity index (χ0n) is 12.5. The SMILES string of the molecule is NC(=NCc1ccccc1OC1CCC1)Nc1ccccc1. The van der Waals surface area contributed by atoms with E-state index in [0.717, 1.165) is 29.8 Å². The molecule has 0 aliphatic heterocycles. The van der Waals surface area contributed by atoms with Crippen molar-refractivity contribution in [2.45, 2.75) is 31.9 Å². The number of anilines is 1. The average Bonchev–Trinajstić information content (AvgIpc) is 2.51. The highest BCUT2D eigenvalue weighted by Gasteiger charge is 2.19. The Morgan fingerprint density at radius 3 is 2.55 bits per heavy atom. The number of hydrogen-bond donors (Lipinski definition) is 2. The summed E-state index contributed by atoms with van der Waals surface area (Å²) in [5.74, 6) is 1.33. The molecule has 2 aromatic rings. The van der Waals surface area contributed by atoms with Crippen LogP contribution >= 0.6 is 0 Å². The van der Waals surface area contributed by atoms with Crippen LogP contribution < -0.4 is 15.8 Å². The molecule has 1 saturated carbocycles. The molecule has 1 aliphatic rings. The van der Waals surface area contributed by atoms with Gasteiger partial charge in [-0.3, -0.25) is 0 Å². The summed E-state index contributed by atoms with van der Waals surface area (Å²) in [5.41, 5.74) is 7.94. The van der Waals surface area contributed by atoms with Crippen molar-refractivity contribution in [2.75, 3.05) is 5.32 Å². The van der Waals surface area contributed by atoms with Gasteiger partial charge in [-0.2, -0.15) is 0 Å². The monoisotopic (exact) mass is 295 g/mol. The van der Waals surface area contributed by atoms with E-state index in [1.165, 1.54) is 6.42 Å². The summed E-state index contributed by atoms with van der Waals surface area (Å²) >= 11 is 0. The van der Waals surface area contributed by atoms with E-state index in [9.17, 15) is 0 Å². The van der Waals surface area contributed by atoms with Crippen molar-refractivity contribution in [1.82, 2.24) is 0 Å². The number of hydrogen-bond acceptors (Lipinski definition) is 2. The highest BCUT2D eigenvalue weighted by atomic mass is 16.5. The van der Waals surface area contributed by atoms with Crippen LogP contribution in [0.1, 0.15) is 24.8 Å². The van der Waals surface area contributed by atoms with E-state index in [1.807, 2.05) is 54.6 Å². The molecule has 0 atom stereocenters. The van der Waals surface area contributed by atoms with E-state index in [0.29, 0.717) is 18.6 Å². The molecule has 1 aliphatic carbocycles. The van der Waals surface area contributed by atoms with Gasteiger partial charge in [0.2, 0.25) is 0 Å². The predicted octanol–water partition coefficient (Wildman–Crippen LogP) is 3.54. The van der Waals surface area contributed by atoms with Gasteiger partial charge in [0.1, 0.15) is 5.75 Å². The lowest BCUT2D eigenvalue weighted by Crippen LogP contribution is -2.25. The minimum Gasteiger partial charge on any atom is -0.490 e. The Kier molecular flexibility index (Phi) is 4.59. The number of guanidine groups is 1. The molecule has 4 nitrogen and oxygen atoms in total. The fourth-order valence-electron chi connectivity index (χ4n) is 2.30. The van der Waals surface area contributed by atoms with Crippen LogP contribution in [0.4, 0.5) is 5.69 Å². The summed E-state index contributed by atoms with van der Waals surface area (Å²) in [4.78, 5) is 4.40. The van der Waals surface area contributed by atoms with Crippen molar-refractivity contribution in [3.8, 4) is 5.75 Å². The van der Waals surface area contributed by atoms with Crippen molar-refractivity contribution in [3.05, 3.63) is 60.2 Å². The van der Waals surface area contributed by atoms with E-state index in [2.05, 4.69) is 10.3 Å². The molecule has 114 valence electrons. The zero-order chi connectivity index (χ0) is 15.2. The summed E-state index contributed by atoms with van der Waals surface area (Å²) in [7, 11) is 0. The molecule has 0 heterocycles. The molecule has 0 saturated heterocycles. The summed E-state index contributed by atoms with van der Waals surface area (Å²) in [6.45, 7) is 0.508. The number of nitrogens with two attached hydrogens (primary N) is 1. The first-order chi connectivity index (χ1) is 10.8. The van der Waals surface area contributed by atoms with Crippen LogP contribution in [-0.4, -0.2) is 12.1 Å². The predicted molar refractivity (Wildman–Crippen MR) is 90.1 cm³/mol. The summed E-state index contributed by atoms with van der Waals surface area (Å²) < 4.78 is 6.00. The van der Waals surface area contributed by atoms with Gasteiger partial charge in [0.05, 0.1) is 12.6 Å². The van der Waals surface area contributed by atoms with Crippen LogP contribution in [-0.2, 0) is 6.54 Å². The van der Waals surface area contributed by atoms with Gasteiger partial charge in [-0.25, -0.2) is 4.99 Å². The molecule has 2 aromatic carbocycles. The minimum atomic E-state index is 0.366. The Hall–Kier alpha value is -2.49. The van der Waals surface area contributed by atoms with E-state index in [-0.39, 0.29) is 0 Å². The van der Waals surface area contributed by atoms with Crippen LogP contribution in [0.3, 0.4) is 0 Å². The van der Waals surface area contributed by atoms with E-state index >= 15 is 0 Å². The number of rotatable bonds is 5. The molecule has 0 radical (unpaired) electrons. The van der Waals surface area contributed by atoms with Crippen molar-refractivity contribution in [1.29, 1.82) is 0 Å². The third-order valence-corrected chi connectivity index (χ3v) is 3.78. The number of nitrogens with zero attached hydrogens (tertiary/aromatic N) is 1. The van der Waals surface area contributed by atoms with Crippen molar-refractivity contribution < 1.29 is 4.74 Å². The van der Waals surface area contributed by atoms with Crippen LogP contribution in [0.2, 0.25) is 0 Å². The molecule has 0 spiro atoms. The Labute approximate surface area is 131 Å². The van der Waals surface area contributed by atoms with E-state index in [4.69, 9.17) is 10.5 Å². The lowest BCUT2D eigenvalue weighted by atomic mass is 9.96. The topological polar surface area (TPSA) is 59.6 Å². The first kappa shape index (κ1) is 14.4. The normalized spacial score (nSPS) is 15.2. The zero-order valence-corrected chi connectivity index (χ0v) is 12.5. The second kappa shape index (κ2) is 6.98.